The first-order valence-electron chi connectivity index (χ1n) is 7.86. The highest BCUT2D eigenvalue weighted by molar-refractivity contribution is 6.30. The average molecular weight is 362 g/mol. The van der Waals surface area contributed by atoms with E-state index in [0.717, 1.165) is 5.56 Å². The molecule has 1 N–H and O–H groups in total. The van der Waals surface area contributed by atoms with Crippen LogP contribution in [0.1, 0.15) is 29.3 Å². The van der Waals surface area contributed by atoms with E-state index in [0.29, 0.717) is 28.4 Å². The van der Waals surface area contributed by atoms with Crippen molar-refractivity contribution >= 4 is 29.2 Å². The van der Waals surface area contributed by atoms with Gasteiger partial charge in [0.1, 0.15) is 5.75 Å². The zero-order valence-corrected chi connectivity index (χ0v) is 15.1. The third kappa shape index (κ3) is 4.97. The maximum absolute atomic E-state index is 12.5. The van der Waals surface area contributed by atoms with Crippen LogP contribution in [0.4, 0.5) is 5.69 Å². The monoisotopic (exact) mass is 361 g/mol. The van der Waals surface area contributed by atoms with Gasteiger partial charge in [-0.2, -0.15) is 0 Å². The summed E-state index contributed by atoms with van der Waals surface area (Å²) in [6.07, 6.45) is -0.174. The van der Waals surface area contributed by atoms with Crippen LogP contribution in [0.25, 0.3) is 0 Å². The lowest BCUT2D eigenvalue weighted by Gasteiger charge is -2.18. The van der Waals surface area contributed by atoms with Crippen molar-refractivity contribution in [2.24, 2.45) is 0 Å². The van der Waals surface area contributed by atoms with Crippen LogP contribution in [0.3, 0.4) is 0 Å². The molecule has 0 radical (unpaired) electrons. The predicted octanol–water partition coefficient (Wildman–Crippen LogP) is 4.23. The molecule has 2 aromatic carbocycles. The lowest BCUT2D eigenvalue weighted by atomic mass is 10.1. The summed E-state index contributed by atoms with van der Waals surface area (Å²) in [7, 11) is 1.31. The third-order valence-electron chi connectivity index (χ3n) is 3.67. The minimum Gasteiger partial charge on any atom is -0.481 e. The maximum atomic E-state index is 12.5. The molecular formula is C19H20ClNO4. The smallest absolute Gasteiger partial charge is 0.337 e. The van der Waals surface area contributed by atoms with Crippen molar-refractivity contribution in [1.82, 2.24) is 0 Å². The minimum absolute atomic E-state index is 0.289. The Labute approximate surface area is 151 Å². The maximum Gasteiger partial charge on any atom is 0.337 e. The summed E-state index contributed by atoms with van der Waals surface area (Å²) in [5.41, 5.74) is 1.75. The number of rotatable bonds is 6. The van der Waals surface area contributed by atoms with Crippen LogP contribution in [-0.4, -0.2) is 25.1 Å². The zero-order chi connectivity index (χ0) is 18.4. The Balaban J connectivity index is 2.13. The third-order valence-corrected chi connectivity index (χ3v) is 3.92. The van der Waals surface area contributed by atoms with Gasteiger partial charge in [-0.15, -0.1) is 0 Å². The van der Waals surface area contributed by atoms with Crippen molar-refractivity contribution in [3.8, 4) is 5.75 Å². The van der Waals surface area contributed by atoms with Crippen LogP contribution in [-0.2, 0) is 9.53 Å². The molecule has 5 nitrogen and oxygen atoms in total. The molecule has 0 spiro atoms. The van der Waals surface area contributed by atoms with Crippen molar-refractivity contribution in [1.29, 1.82) is 0 Å². The van der Waals surface area contributed by atoms with Gasteiger partial charge in [-0.3, -0.25) is 4.79 Å². The molecule has 0 aliphatic carbocycles. The van der Waals surface area contributed by atoms with Crippen molar-refractivity contribution in [3.05, 3.63) is 58.6 Å². The van der Waals surface area contributed by atoms with E-state index in [1.54, 1.807) is 42.5 Å². The Morgan fingerprint density at radius 2 is 1.84 bits per heavy atom. The molecule has 0 saturated carbocycles. The van der Waals surface area contributed by atoms with Gasteiger partial charge in [0.25, 0.3) is 5.91 Å². The second-order valence-corrected chi connectivity index (χ2v) is 5.92. The first-order chi connectivity index (χ1) is 11.9. The molecule has 0 aliphatic heterocycles. The number of nitrogens with one attached hydrogen (secondary N) is 1. The standard InChI is InChI=1S/C19H20ClNO4/c1-4-17(25-15-9-7-14(20)8-10-15)18(22)21-16-11-13(19(23)24-3)6-5-12(16)2/h5-11,17H,4H2,1-3H3,(H,21,22)/t17-/m0/s1. The van der Waals surface area contributed by atoms with Crippen molar-refractivity contribution in [3.63, 3.8) is 0 Å². The molecule has 1 atom stereocenters. The molecular weight excluding hydrogens is 342 g/mol. The van der Waals surface area contributed by atoms with Gasteiger partial charge in [-0.05, 0) is 55.3 Å². The quantitative estimate of drug-likeness (QED) is 0.782. The number of ether oxygens (including phenoxy) is 2. The van der Waals surface area contributed by atoms with Crippen LogP contribution >= 0.6 is 11.6 Å². The molecule has 6 heteroatoms. The molecule has 0 fully saturated rings. The van der Waals surface area contributed by atoms with Crippen LogP contribution in [0.5, 0.6) is 5.75 Å². The highest BCUT2D eigenvalue weighted by Gasteiger charge is 2.20. The number of benzene rings is 2. The van der Waals surface area contributed by atoms with E-state index < -0.39 is 12.1 Å². The zero-order valence-electron chi connectivity index (χ0n) is 14.3. The van der Waals surface area contributed by atoms with Gasteiger partial charge in [0.05, 0.1) is 12.7 Å². The number of carbonyl (C=O) groups is 2. The number of anilines is 1. The lowest BCUT2D eigenvalue weighted by Crippen LogP contribution is -2.32. The molecule has 0 heterocycles. The molecule has 2 aromatic rings. The first kappa shape index (κ1) is 18.8. The Kier molecular flexibility index (Phi) is 6.42. The second kappa shape index (κ2) is 8.53. The van der Waals surface area contributed by atoms with Crippen LogP contribution in [0.15, 0.2) is 42.5 Å². The Morgan fingerprint density at radius 3 is 2.44 bits per heavy atom. The number of methoxy groups -OCH3 is 1. The molecule has 0 saturated heterocycles. The Bertz CT molecular complexity index is 759. The van der Waals surface area contributed by atoms with Gasteiger partial charge in [0.15, 0.2) is 6.10 Å². The summed E-state index contributed by atoms with van der Waals surface area (Å²) in [5.74, 6) is -0.186. The number of aryl methyl sites for hydroxylation is 1. The summed E-state index contributed by atoms with van der Waals surface area (Å²) >= 11 is 5.85. The number of carbonyl (C=O) groups excluding carboxylic acids is 2. The fourth-order valence-corrected chi connectivity index (χ4v) is 2.34. The van der Waals surface area contributed by atoms with Gasteiger partial charge in [0, 0.05) is 10.7 Å². The molecule has 2 rings (SSSR count). The van der Waals surface area contributed by atoms with Crippen molar-refractivity contribution in [2.45, 2.75) is 26.4 Å². The van der Waals surface area contributed by atoms with Gasteiger partial charge in [0.2, 0.25) is 0 Å². The van der Waals surface area contributed by atoms with E-state index >= 15 is 0 Å². The normalized spacial score (nSPS) is 11.5. The Morgan fingerprint density at radius 1 is 1.16 bits per heavy atom. The fraction of sp³-hybridized carbons (Fsp3) is 0.263. The molecule has 1 amide bonds. The summed E-state index contributed by atoms with van der Waals surface area (Å²) in [4.78, 5) is 24.2. The molecule has 0 aliphatic rings. The van der Waals surface area contributed by atoms with Gasteiger partial charge < -0.3 is 14.8 Å². The molecule has 0 bridgehead atoms. The SMILES string of the molecule is CC[C@H](Oc1ccc(Cl)cc1)C(=O)Nc1cc(C(=O)OC)ccc1C. The van der Waals surface area contributed by atoms with E-state index in [-0.39, 0.29) is 5.91 Å². The number of amides is 1. The molecule has 0 unspecified atom stereocenters. The largest absolute Gasteiger partial charge is 0.481 e. The first-order valence-corrected chi connectivity index (χ1v) is 8.24. The van der Waals surface area contributed by atoms with Gasteiger partial charge >= 0.3 is 5.97 Å². The second-order valence-electron chi connectivity index (χ2n) is 5.48. The van der Waals surface area contributed by atoms with Crippen molar-refractivity contribution < 1.29 is 19.1 Å². The Hall–Kier alpha value is -2.53. The van der Waals surface area contributed by atoms with Gasteiger partial charge in [-0.25, -0.2) is 4.79 Å². The highest BCUT2D eigenvalue weighted by atomic mass is 35.5. The highest BCUT2D eigenvalue weighted by Crippen LogP contribution is 2.21. The van der Waals surface area contributed by atoms with Crippen molar-refractivity contribution in [2.75, 3.05) is 12.4 Å². The van der Waals surface area contributed by atoms with E-state index in [1.165, 1.54) is 7.11 Å². The van der Waals surface area contributed by atoms with Crippen LogP contribution < -0.4 is 10.1 Å². The number of hydrogen-bond acceptors (Lipinski definition) is 4. The van der Waals surface area contributed by atoms with E-state index in [1.807, 2.05) is 13.8 Å². The predicted molar refractivity (Wildman–Crippen MR) is 97.3 cm³/mol. The number of esters is 1. The van der Waals surface area contributed by atoms with Crippen LogP contribution in [0, 0.1) is 6.92 Å². The van der Waals surface area contributed by atoms with Gasteiger partial charge in [-0.1, -0.05) is 24.6 Å². The summed E-state index contributed by atoms with van der Waals surface area (Å²) in [5, 5.41) is 3.41. The lowest BCUT2D eigenvalue weighted by molar-refractivity contribution is -0.122. The summed E-state index contributed by atoms with van der Waals surface area (Å²) in [6, 6.07) is 11.8. The van der Waals surface area contributed by atoms with E-state index in [4.69, 9.17) is 21.1 Å². The fourth-order valence-electron chi connectivity index (χ4n) is 2.21. The van der Waals surface area contributed by atoms with Crippen LogP contribution in [0.2, 0.25) is 5.02 Å². The minimum atomic E-state index is -0.664. The van der Waals surface area contributed by atoms with E-state index in [2.05, 4.69) is 5.32 Å². The summed E-state index contributed by atoms with van der Waals surface area (Å²) in [6.45, 7) is 3.70. The molecule has 0 aromatic heterocycles. The molecule has 25 heavy (non-hydrogen) atoms. The number of halogens is 1. The topological polar surface area (TPSA) is 64.6 Å². The number of hydrogen-bond donors (Lipinski definition) is 1. The van der Waals surface area contributed by atoms with E-state index in [9.17, 15) is 9.59 Å². The average Bonchev–Trinajstić information content (AvgIpc) is 2.62. The molecule has 132 valence electrons. The summed E-state index contributed by atoms with van der Waals surface area (Å²) < 4.78 is 10.4.